The monoisotopic (exact) mass is 513 g/mol. The van der Waals surface area contributed by atoms with Crippen molar-refractivity contribution in [2.45, 2.75) is 39.2 Å². The SMILES string of the molecule is CCC(CC)c1cc(CNC(=NC)N2CCN(c3ccccc3O)CC2)on1.I. The molecule has 2 N–H and O–H groups in total. The second kappa shape index (κ2) is 11.3. The van der Waals surface area contributed by atoms with E-state index in [1.165, 1.54) is 0 Å². The highest BCUT2D eigenvalue weighted by atomic mass is 127. The normalized spacial score (nSPS) is 14.8. The van der Waals surface area contributed by atoms with Gasteiger partial charge in [0.05, 0.1) is 17.9 Å². The third-order valence-corrected chi connectivity index (χ3v) is 5.42. The zero-order chi connectivity index (χ0) is 19.9. The summed E-state index contributed by atoms with van der Waals surface area (Å²) in [6.45, 7) is 8.26. The van der Waals surface area contributed by atoms with Gasteiger partial charge in [0.25, 0.3) is 0 Å². The second-order valence-corrected chi connectivity index (χ2v) is 7.10. The molecule has 1 aliphatic rings. The standard InChI is InChI=1S/C21H31N5O2.HI/c1-4-16(5-2)18-14-17(28-24-18)15-23-21(22-3)26-12-10-25(11-13-26)19-8-6-7-9-20(19)27;/h6-9,14,16,27H,4-5,10-13,15H2,1-3H3,(H,22,23);1H. The molecule has 7 nitrogen and oxygen atoms in total. The van der Waals surface area contributed by atoms with Crippen LogP contribution in [0.2, 0.25) is 0 Å². The number of phenols is 1. The van der Waals surface area contributed by atoms with Crippen LogP contribution >= 0.6 is 24.0 Å². The Hall–Kier alpha value is -1.97. The van der Waals surface area contributed by atoms with Crippen molar-refractivity contribution in [3.05, 3.63) is 41.8 Å². The van der Waals surface area contributed by atoms with Crippen molar-refractivity contribution in [2.24, 2.45) is 4.99 Å². The van der Waals surface area contributed by atoms with Crippen LogP contribution < -0.4 is 10.2 Å². The molecule has 1 aromatic carbocycles. The maximum Gasteiger partial charge on any atom is 0.194 e. The first kappa shape index (κ1) is 23.3. The van der Waals surface area contributed by atoms with E-state index >= 15 is 0 Å². The fourth-order valence-electron chi connectivity index (χ4n) is 3.70. The van der Waals surface area contributed by atoms with Crippen LogP contribution in [0, 0.1) is 0 Å². The predicted molar refractivity (Wildman–Crippen MR) is 127 cm³/mol. The summed E-state index contributed by atoms with van der Waals surface area (Å²) in [5.41, 5.74) is 1.92. The first-order chi connectivity index (χ1) is 13.7. The number of benzene rings is 1. The average molecular weight is 513 g/mol. The number of nitrogens with zero attached hydrogens (tertiary/aromatic N) is 4. The lowest BCUT2D eigenvalue weighted by molar-refractivity contribution is 0.352. The Morgan fingerprint density at radius 1 is 1.21 bits per heavy atom. The van der Waals surface area contributed by atoms with Crippen LogP contribution in [0.15, 0.2) is 39.8 Å². The van der Waals surface area contributed by atoms with Crippen molar-refractivity contribution in [1.82, 2.24) is 15.4 Å². The Morgan fingerprint density at radius 3 is 2.52 bits per heavy atom. The minimum atomic E-state index is 0. The minimum Gasteiger partial charge on any atom is -0.506 e. The summed E-state index contributed by atoms with van der Waals surface area (Å²) >= 11 is 0. The Labute approximate surface area is 190 Å². The smallest absolute Gasteiger partial charge is 0.194 e. The largest absolute Gasteiger partial charge is 0.506 e. The molecule has 160 valence electrons. The number of hydrogen-bond acceptors (Lipinski definition) is 5. The van der Waals surface area contributed by atoms with E-state index in [1.54, 1.807) is 13.1 Å². The van der Waals surface area contributed by atoms with Gasteiger partial charge in [-0.1, -0.05) is 31.1 Å². The molecule has 0 bridgehead atoms. The lowest BCUT2D eigenvalue weighted by Gasteiger charge is -2.37. The summed E-state index contributed by atoms with van der Waals surface area (Å²) in [7, 11) is 1.80. The second-order valence-electron chi connectivity index (χ2n) is 7.10. The van der Waals surface area contributed by atoms with Gasteiger partial charge in [-0.05, 0) is 25.0 Å². The van der Waals surface area contributed by atoms with E-state index < -0.39 is 0 Å². The fourth-order valence-corrected chi connectivity index (χ4v) is 3.70. The molecule has 0 atom stereocenters. The Bertz CT molecular complexity index is 783. The molecule has 0 unspecified atom stereocenters. The predicted octanol–water partition coefficient (Wildman–Crippen LogP) is 3.80. The molecule has 0 radical (unpaired) electrons. The van der Waals surface area contributed by atoms with E-state index in [4.69, 9.17) is 4.52 Å². The first-order valence-electron chi connectivity index (χ1n) is 10.1. The van der Waals surface area contributed by atoms with Gasteiger partial charge in [0.1, 0.15) is 5.75 Å². The third kappa shape index (κ3) is 5.77. The lowest BCUT2D eigenvalue weighted by atomic mass is 9.99. The van der Waals surface area contributed by atoms with Crippen molar-refractivity contribution in [3.8, 4) is 5.75 Å². The van der Waals surface area contributed by atoms with E-state index in [0.29, 0.717) is 18.2 Å². The number of halogens is 1. The highest BCUT2D eigenvalue weighted by Gasteiger charge is 2.21. The van der Waals surface area contributed by atoms with E-state index in [2.05, 4.69) is 39.1 Å². The summed E-state index contributed by atoms with van der Waals surface area (Å²) in [4.78, 5) is 8.85. The van der Waals surface area contributed by atoms with E-state index in [0.717, 1.165) is 62.1 Å². The van der Waals surface area contributed by atoms with Crippen molar-refractivity contribution in [2.75, 3.05) is 38.1 Å². The number of anilines is 1. The van der Waals surface area contributed by atoms with Crippen molar-refractivity contribution >= 4 is 35.6 Å². The third-order valence-electron chi connectivity index (χ3n) is 5.42. The number of hydrogen-bond donors (Lipinski definition) is 2. The Kier molecular flexibility index (Phi) is 9.06. The maximum absolute atomic E-state index is 10.1. The number of aliphatic imine (C=N–C) groups is 1. The van der Waals surface area contributed by atoms with Crippen LogP contribution in [0.3, 0.4) is 0 Å². The van der Waals surface area contributed by atoms with Crippen molar-refractivity contribution < 1.29 is 9.63 Å². The summed E-state index contributed by atoms with van der Waals surface area (Å²) in [6.07, 6.45) is 2.14. The van der Waals surface area contributed by atoms with Crippen LogP contribution in [0.25, 0.3) is 0 Å². The number of guanidine groups is 1. The molecule has 0 aliphatic carbocycles. The number of nitrogens with one attached hydrogen (secondary N) is 1. The number of piperazine rings is 1. The molecule has 29 heavy (non-hydrogen) atoms. The zero-order valence-electron chi connectivity index (χ0n) is 17.5. The van der Waals surface area contributed by atoms with Crippen LogP contribution in [0.4, 0.5) is 5.69 Å². The molecule has 0 saturated carbocycles. The van der Waals surface area contributed by atoms with Gasteiger partial charge in [0.15, 0.2) is 11.7 Å². The van der Waals surface area contributed by atoms with Crippen LogP contribution in [-0.2, 0) is 6.54 Å². The zero-order valence-corrected chi connectivity index (χ0v) is 19.8. The lowest BCUT2D eigenvalue weighted by Crippen LogP contribution is -2.52. The van der Waals surface area contributed by atoms with Gasteiger partial charge in [-0.25, -0.2) is 0 Å². The highest BCUT2D eigenvalue weighted by Crippen LogP contribution is 2.27. The van der Waals surface area contributed by atoms with Gasteiger partial charge >= 0.3 is 0 Å². The molecule has 8 heteroatoms. The molecular weight excluding hydrogens is 481 g/mol. The van der Waals surface area contributed by atoms with Gasteiger partial charge in [-0.2, -0.15) is 0 Å². The molecule has 0 spiro atoms. The van der Waals surface area contributed by atoms with Crippen molar-refractivity contribution in [3.63, 3.8) is 0 Å². The maximum atomic E-state index is 10.1. The summed E-state index contributed by atoms with van der Waals surface area (Å²) in [6, 6.07) is 9.54. The number of para-hydroxylation sites is 2. The van der Waals surface area contributed by atoms with Crippen molar-refractivity contribution in [1.29, 1.82) is 0 Å². The summed E-state index contributed by atoms with van der Waals surface area (Å²) in [5.74, 6) is 2.48. The molecule has 1 aliphatic heterocycles. The quantitative estimate of drug-likeness (QED) is 0.348. The molecule has 3 rings (SSSR count). The van der Waals surface area contributed by atoms with Gasteiger partial charge < -0.3 is 24.7 Å². The van der Waals surface area contributed by atoms with E-state index in [1.807, 2.05) is 24.3 Å². The van der Waals surface area contributed by atoms with E-state index in [9.17, 15) is 5.11 Å². The number of phenolic OH excluding ortho intramolecular Hbond substituents is 1. The minimum absolute atomic E-state index is 0. The topological polar surface area (TPSA) is 77.1 Å². The van der Waals surface area contributed by atoms with Crippen LogP contribution in [0.1, 0.15) is 44.1 Å². The first-order valence-corrected chi connectivity index (χ1v) is 10.1. The Morgan fingerprint density at radius 2 is 1.90 bits per heavy atom. The van der Waals surface area contributed by atoms with Gasteiger partial charge in [0.2, 0.25) is 0 Å². The summed E-state index contributed by atoms with van der Waals surface area (Å²) in [5, 5.41) is 17.7. The Balaban J connectivity index is 0.00000300. The molecule has 2 aromatic rings. The summed E-state index contributed by atoms with van der Waals surface area (Å²) < 4.78 is 5.50. The van der Waals surface area contributed by atoms with Gasteiger partial charge in [-0.15, -0.1) is 24.0 Å². The van der Waals surface area contributed by atoms with E-state index in [-0.39, 0.29) is 24.0 Å². The van der Waals surface area contributed by atoms with Crippen LogP contribution in [-0.4, -0.2) is 54.3 Å². The molecule has 1 fully saturated rings. The average Bonchev–Trinajstić information content (AvgIpc) is 3.19. The molecule has 2 heterocycles. The number of aromatic hydroxyl groups is 1. The molecule has 1 aromatic heterocycles. The number of aromatic nitrogens is 1. The molecule has 0 amide bonds. The molecule has 1 saturated heterocycles. The number of rotatable bonds is 6. The molecular formula is C21H32IN5O2. The highest BCUT2D eigenvalue weighted by molar-refractivity contribution is 14.0. The van der Waals surface area contributed by atoms with Crippen LogP contribution in [0.5, 0.6) is 5.75 Å². The van der Waals surface area contributed by atoms with Gasteiger partial charge in [-0.3, -0.25) is 4.99 Å². The van der Waals surface area contributed by atoms with Gasteiger partial charge in [0, 0.05) is 45.2 Å². The fraction of sp³-hybridized carbons (Fsp3) is 0.524.